The van der Waals surface area contributed by atoms with Crippen molar-refractivity contribution in [1.29, 1.82) is 0 Å². The van der Waals surface area contributed by atoms with E-state index in [0.717, 1.165) is 44.3 Å². The zero-order valence-corrected chi connectivity index (χ0v) is 16.2. The number of amides is 1. The van der Waals surface area contributed by atoms with Crippen LogP contribution in [0.4, 0.5) is 5.69 Å². The van der Waals surface area contributed by atoms with Gasteiger partial charge in [-0.3, -0.25) is 4.79 Å². The van der Waals surface area contributed by atoms with Crippen LogP contribution in [0.3, 0.4) is 0 Å². The topological polar surface area (TPSA) is 52.0 Å². The molecule has 5 nitrogen and oxygen atoms in total. The van der Waals surface area contributed by atoms with E-state index in [1.54, 1.807) is 12.1 Å². The molecular weight excluding hydrogens is 340 g/mol. The highest BCUT2D eigenvalue weighted by molar-refractivity contribution is 6.04. The first-order chi connectivity index (χ1) is 13.1. The van der Waals surface area contributed by atoms with Gasteiger partial charge in [-0.2, -0.15) is 0 Å². The standard InChI is InChI=1S/C22H28N2O3/c1-17(2)16-27-21-5-3-4-19(14-21)22(25)23-20-8-6-18(7-9-20)15-24-10-12-26-13-11-24/h3-9,14,17H,10-13,15-16H2,1-2H3,(H,23,25)/p+1. The molecule has 0 bridgehead atoms. The largest absolute Gasteiger partial charge is 0.493 e. The second kappa shape index (κ2) is 9.53. The highest BCUT2D eigenvalue weighted by atomic mass is 16.5. The first-order valence-corrected chi connectivity index (χ1v) is 9.64. The molecule has 0 aliphatic carbocycles. The summed E-state index contributed by atoms with van der Waals surface area (Å²) in [7, 11) is 0. The maximum atomic E-state index is 12.5. The second-order valence-electron chi connectivity index (χ2n) is 7.42. The molecule has 2 aromatic rings. The zero-order chi connectivity index (χ0) is 19.1. The molecule has 0 aromatic heterocycles. The van der Waals surface area contributed by atoms with E-state index in [4.69, 9.17) is 9.47 Å². The molecule has 1 aliphatic heterocycles. The summed E-state index contributed by atoms with van der Waals surface area (Å²) >= 11 is 0. The number of anilines is 1. The number of carbonyl (C=O) groups is 1. The van der Waals surface area contributed by atoms with Crippen LogP contribution in [0.15, 0.2) is 48.5 Å². The highest BCUT2D eigenvalue weighted by Gasteiger charge is 2.14. The molecule has 144 valence electrons. The number of morpholine rings is 1. The lowest BCUT2D eigenvalue weighted by Gasteiger charge is -2.23. The molecule has 2 N–H and O–H groups in total. The van der Waals surface area contributed by atoms with Gasteiger partial charge >= 0.3 is 0 Å². The van der Waals surface area contributed by atoms with E-state index in [1.807, 2.05) is 24.3 Å². The molecule has 1 aliphatic rings. The van der Waals surface area contributed by atoms with E-state index in [1.165, 1.54) is 10.5 Å². The van der Waals surface area contributed by atoms with Crippen LogP contribution >= 0.6 is 0 Å². The summed E-state index contributed by atoms with van der Waals surface area (Å²) in [6.45, 7) is 9.60. The van der Waals surface area contributed by atoms with Crippen LogP contribution < -0.4 is 15.0 Å². The molecule has 0 atom stereocenters. The minimum absolute atomic E-state index is 0.128. The van der Waals surface area contributed by atoms with Gasteiger partial charge in [-0.15, -0.1) is 0 Å². The molecule has 1 saturated heterocycles. The van der Waals surface area contributed by atoms with Crippen LogP contribution in [0.5, 0.6) is 5.75 Å². The van der Waals surface area contributed by atoms with Crippen molar-refractivity contribution in [1.82, 2.24) is 0 Å². The second-order valence-corrected chi connectivity index (χ2v) is 7.42. The zero-order valence-electron chi connectivity index (χ0n) is 16.2. The third kappa shape index (κ3) is 6.08. The number of hydrogen-bond acceptors (Lipinski definition) is 3. The molecule has 0 radical (unpaired) electrons. The smallest absolute Gasteiger partial charge is 0.255 e. The van der Waals surface area contributed by atoms with E-state index in [0.29, 0.717) is 18.1 Å². The monoisotopic (exact) mass is 369 g/mol. The summed E-state index contributed by atoms with van der Waals surface area (Å²) in [6.07, 6.45) is 0. The Morgan fingerprint density at radius 2 is 1.89 bits per heavy atom. The number of hydrogen-bond donors (Lipinski definition) is 2. The molecule has 2 aromatic carbocycles. The van der Waals surface area contributed by atoms with E-state index >= 15 is 0 Å². The van der Waals surface area contributed by atoms with Crippen molar-refractivity contribution in [3.63, 3.8) is 0 Å². The molecule has 0 unspecified atom stereocenters. The maximum absolute atomic E-state index is 12.5. The minimum Gasteiger partial charge on any atom is -0.493 e. The third-order valence-electron chi connectivity index (χ3n) is 4.55. The van der Waals surface area contributed by atoms with Crippen LogP contribution in [0, 0.1) is 5.92 Å². The number of quaternary nitrogens is 1. The molecule has 0 spiro atoms. The summed E-state index contributed by atoms with van der Waals surface area (Å²) < 4.78 is 11.1. The van der Waals surface area contributed by atoms with Crippen molar-refractivity contribution in [2.24, 2.45) is 5.92 Å². The van der Waals surface area contributed by atoms with E-state index in [9.17, 15) is 4.79 Å². The summed E-state index contributed by atoms with van der Waals surface area (Å²) in [4.78, 5) is 14.1. The van der Waals surface area contributed by atoms with Crippen LogP contribution in [0.25, 0.3) is 0 Å². The predicted molar refractivity (Wildman–Crippen MR) is 106 cm³/mol. The molecule has 1 fully saturated rings. The Labute approximate surface area is 161 Å². The van der Waals surface area contributed by atoms with Gasteiger partial charge in [0.15, 0.2) is 0 Å². The Balaban J connectivity index is 1.56. The van der Waals surface area contributed by atoms with Gasteiger partial charge in [0.2, 0.25) is 0 Å². The summed E-state index contributed by atoms with van der Waals surface area (Å²) in [5, 5.41) is 2.96. The van der Waals surface area contributed by atoms with Crippen molar-refractivity contribution < 1.29 is 19.2 Å². The lowest BCUT2D eigenvalue weighted by Crippen LogP contribution is -3.12. The van der Waals surface area contributed by atoms with Crippen LogP contribution in [-0.2, 0) is 11.3 Å². The summed E-state index contributed by atoms with van der Waals surface area (Å²) in [5.74, 6) is 1.04. The third-order valence-corrected chi connectivity index (χ3v) is 4.55. The van der Waals surface area contributed by atoms with Crippen molar-refractivity contribution in [2.75, 3.05) is 38.2 Å². The van der Waals surface area contributed by atoms with Gasteiger partial charge < -0.3 is 19.7 Å². The lowest BCUT2D eigenvalue weighted by atomic mass is 10.1. The van der Waals surface area contributed by atoms with Crippen molar-refractivity contribution in [2.45, 2.75) is 20.4 Å². The predicted octanol–water partition coefficient (Wildman–Crippen LogP) is 2.39. The Hall–Kier alpha value is -2.37. The fourth-order valence-corrected chi connectivity index (χ4v) is 3.02. The van der Waals surface area contributed by atoms with Crippen molar-refractivity contribution in [3.05, 3.63) is 59.7 Å². The fraction of sp³-hybridized carbons (Fsp3) is 0.409. The first-order valence-electron chi connectivity index (χ1n) is 9.64. The van der Waals surface area contributed by atoms with Gasteiger partial charge in [0.1, 0.15) is 25.4 Å². The van der Waals surface area contributed by atoms with Crippen LogP contribution in [0.2, 0.25) is 0 Å². The number of nitrogens with one attached hydrogen (secondary N) is 2. The summed E-state index contributed by atoms with van der Waals surface area (Å²) in [5.41, 5.74) is 2.67. The van der Waals surface area contributed by atoms with E-state index in [2.05, 4.69) is 31.3 Å². The Kier molecular flexibility index (Phi) is 6.85. The van der Waals surface area contributed by atoms with Crippen molar-refractivity contribution >= 4 is 11.6 Å². The number of ether oxygens (including phenoxy) is 2. The quantitative estimate of drug-likeness (QED) is 0.788. The molecule has 27 heavy (non-hydrogen) atoms. The molecular formula is C22H29N2O3+. The SMILES string of the molecule is CC(C)COc1cccc(C(=O)Nc2ccc(C[NH+]3CCOCC3)cc2)c1. The number of rotatable bonds is 7. The molecule has 3 rings (SSSR count). The molecule has 1 heterocycles. The maximum Gasteiger partial charge on any atom is 0.255 e. The van der Waals surface area contributed by atoms with Gasteiger partial charge in [0, 0.05) is 16.8 Å². The van der Waals surface area contributed by atoms with Gasteiger partial charge in [-0.05, 0) is 36.2 Å². The van der Waals surface area contributed by atoms with Gasteiger partial charge in [0.25, 0.3) is 5.91 Å². The number of benzene rings is 2. The fourth-order valence-electron chi connectivity index (χ4n) is 3.02. The Morgan fingerprint density at radius 1 is 1.15 bits per heavy atom. The summed E-state index contributed by atoms with van der Waals surface area (Å²) in [6, 6.07) is 15.4. The van der Waals surface area contributed by atoms with E-state index in [-0.39, 0.29) is 5.91 Å². The van der Waals surface area contributed by atoms with Gasteiger partial charge in [-0.1, -0.05) is 32.0 Å². The average Bonchev–Trinajstić information content (AvgIpc) is 2.69. The Morgan fingerprint density at radius 3 is 2.59 bits per heavy atom. The Bertz CT molecular complexity index is 737. The average molecular weight is 369 g/mol. The van der Waals surface area contributed by atoms with Crippen LogP contribution in [-0.4, -0.2) is 38.8 Å². The lowest BCUT2D eigenvalue weighted by molar-refractivity contribution is -0.921. The highest BCUT2D eigenvalue weighted by Crippen LogP contribution is 2.16. The van der Waals surface area contributed by atoms with Crippen LogP contribution in [0.1, 0.15) is 29.8 Å². The minimum atomic E-state index is -0.128. The molecule has 0 saturated carbocycles. The number of carbonyl (C=O) groups excluding carboxylic acids is 1. The van der Waals surface area contributed by atoms with Gasteiger partial charge in [-0.25, -0.2) is 0 Å². The normalized spacial score (nSPS) is 14.9. The molecule has 1 amide bonds. The van der Waals surface area contributed by atoms with E-state index < -0.39 is 0 Å². The first kappa shape index (κ1) is 19.4. The van der Waals surface area contributed by atoms with Gasteiger partial charge in [0.05, 0.1) is 19.8 Å². The van der Waals surface area contributed by atoms with Crippen molar-refractivity contribution in [3.8, 4) is 5.75 Å². The molecule has 5 heteroatoms.